The summed E-state index contributed by atoms with van der Waals surface area (Å²) in [4.78, 5) is 38.9. The van der Waals surface area contributed by atoms with Gasteiger partial charge in [-0.1, -0.05) is 41.4 Å². The maximum absolute atomic E-state index is 15.4. The van der Waals surface area contributed by atoms with Gasteiger partial charge in [-0.2, -0.15) is 4.57 Å². The van der Waals surface area contributed by atoms with E-state index < -0.39 is 54.0 Å². The van der Waals surface area contributed by atoms with Crippen LogP contribution in [0.15, 0.2) is 73.1 Å². The maximum atomic E-state index is 15.4. The number of rotatable bonds is 7. The number of carbonyl (C=O) groups is 2. The van der Waals surface area contributed by atoms with E-state index in [1.165, 1.54) is 18.3 Å². The zero-order valence-corrected chi connectivity index (χ0v) is 17.0. The van der Waals surface area contributed by atoms with Crippen molar-refractivity contribution in [2.24, 2.45) is 0 Å². The van der Waals surface area contributed by atoms with Crippen LogP contribution in [0.1, 0.15) is 26.9 Å². The first kappa shape index (κ1) is 22.1. The number of nitrogens with zero attached hydrogens (tertiary/aromatic N) is 3. The minimum atomic E-state index is -1.99. The molecule has 0 saturated carbocycles. The second-order valence-corrected chi connectivity index (χ2v) is 7.10. The van der Waals surface area contributed by atoms with Gasteiger partial charge in [-0.3, -0.25) is 0 Å². The zero-order chi connectivity index (χ0) is 23.4. The molecule has 3 aromatic rings. The lowest BCUT2D eigenvalue weighted by atomic mass is 10.1. The average Bonchev–Trinajstić information content (AvgIpc) is 3.44. The van der Waals surface area contributed by atoms with Gasteiger partial charge in [0.15, 0.2) is 12.3 Å². The van der Waals surface area contributed by atoms with Crippen LogP contribution in [0.4, 0.5) is 10.3 Å². The van der Waals surface area contributed by atoms with E-state index >= 15 is 4.39 Å². The van der Waals surface area contributed by atoms with Gasteiger partial charge in [0.2, 0.25) is 6.23 Å². The number of benzene rings is 2. The predicted molar refractivity (Wildman–Crippen MR) is 110 cm³/mol. The molecule has 0 spiro atoms. The van der Waals surface area contributed by atoms with Crippen LogP contribution in [0, 0.1) is 10.1 Å². The standard InChI is InChI=1S/C22H18FN3O7/c23-17-18(33-21(28)15-9-5-2-6-10-15)16(13-31-20(27)14-7-3-1-4-8-14)32-19(17)25-12-11-24-22(25)26(29)30/h1-12,16-19H,13H2/t16-,17+,18-,19-/m1/s1. The number of carbonyl (C=O) groups excluding carboxylic acids is 2. The summed E-state index contributed by atoms with van der Waals surface area (Å²) in [5, 5.41) is 11.2. The number of esters is 2. The van der Waals surface area contributed by atoms with E-state index in [-0.39, 0.29) is 11.1 Å². The van der Waals surface area contributed by atoms with Gasteiger partial charge in [-0.15, -0.1) is 0 Å². The Labute approximate surface area is 186 Å². The molecular formula is C22H18FN3O7. The van der Waals surface area contributed by atoms with Crippen molar-refractivity contribution in [3.8, 4) is 0 Å². The van der Waals surface area contributed by atoms with Crippen molar-refractivity contribution in [1.82, 2.24) is 9.55 Å². The first-order valence-corrected chi connectivity index (χ1v) is 9.90. The third-order valence-electron chi connectivity index (χ3n) is 4.99. The van der Waals surface area contributed by atoms with Gasteiger partial charge in [0.05, 0.1) is 11.1 Å². The summed E-state index contributed by atoms with van der Waals surface area (Å²) in [7, 11) is 0. The number of halogens is 1. The maximum Gasteiger partial charge on any atom is 0.436 e. The van der Waals surface area contributed by atoms with Crippen molar-refractivity contribution in [2.75, 3.05) is 6.61 Å². The van der Waals surface area contributed by atoms with Gasteiger partial charge in [0.1, 0.15) is 25.1 Å². The highest BCUT2D eigenvalue weighted by atomic mass is 19.1. The monoisotopic (exact) mass is 455 g/mol. The van der Waals surface area contributed by atoms with Crippen LogP contribution < -0.4 is 0 Å². The van der Waals surface area contributed by atoms with Crippen molar-refractivity contribution in [1.29, 1.82) is 0 Å². The number of nitro groups is 1. The van der Waals surface area contributed by atoms with Crippen molar-refractivity contribution >= 4 is 17.9 Å². The van der Waals surface area contributed by atoms with Crippen LogP contribution >= 0.6 is 0 Å². The Balaban J connectivity index is 1.55. The summed E-state index contributed by atoms with van der Waals surface area (Å²) < 4.78 is 32.5. The normalized spacial score (nSPS) is 22.0. The van der Waals surface area contributed by atoms with Crippen molar-refractivity contribution < 1.29 is 33.1 Å². The largest absolute Gasteiger partial charge is 0.459 e. The fraction of sp³-hybridized carbons (Fsp3) is 0.227. The summed E-state index contributed by atoms with van der Waals surface area (Å²) in [6, 6.07) is 16.0. The summed E-state index contributed by atoms with van der Waals surface area (Å²) in [5.74, 6) is -2.13. The summed E-state index contributed by atoms with van der Waals surface area (Å²) >= 11 is 0. The first-order chi connectivity index (χ1) is 16.0. The Hall–Kier alpha value is -4.12. The molecule has 10 nitrogen and oxygen atoms in total. The topological polar surface area (TPSA) is 123 Å². The second-order valence-electron chi connectivity index (χ2n) is 7.10. The second kappa shape index (κ2) is 9.57. The molecule has 2 aromatic carbocycles. The van der Waals surface area contributed by atoms with Crippen LogP contribution in [0.3, 0.4) is 0 Å². The van der Waals surface area contributed by atoms with Gasteiger partial charge in [0.25, 0.3) is 0 Å². The molecule has 1 aliphatic heterocycles. The molecule has 1 aromatic heterocycles. The highest BCUT2D eigenvalue weighted by Gasteiger charge is 2.52. The molecule has 11 heteroatoms. The molecular weight excluding hydrogens is 437 g/mol. The molecule has 0 N–H and O–H groups in total. The molecule has 0 amide bonds. The van der Waals surface area contributed by atoms with Crippen LogP contribution in [-0.2, 0) is 14.2 Å². The number of hydrogen-bond donors (Lipinski definition) is 0. The Bertz CT molecular complexity index is 1140. The lowest BCUT2D eigenvalue weighted by molar-refractivity contribution is -0.398. The Kier molecular flexibility index (Phi) is 6.41. The summed E-state index contributed by atoms with van der Waals surface area (Å²) in [6.07, 6.45) is -3.90. The number of alkyl halides is 1. The molecule has 1 fully saturated rings. The highest BCUT2D eigenvalue weighted by Crippen LogP contribution is 2.36. The Morgan fingerprint density at radius 2 is 1.67 bits per heavy atom. The molecule has 33 heavy (non-hydrogen) atoms. The van der Waals surface area contributed by atoms with Gasteiger partial charge in [-0.25, -0.2) is 14.0 Å². The summed E-state index contributed by atoms with van der Waals surface area (Å²) in [6.45, 7) is -0.445. The molecule has 2 heterocycles. The Morgan fingerprint density at radius 3 is 2.27 bits per heavy atom. The first-order valence-electron chi connectivity index (χ1n) is 9.90. The van der Waals surface area contributed by atoms with Crippen LogP contribution in [-0.4, -0.2) is 51.4 Å². The minimum absolute atomic E-state index is 0.182. The van der Waals surface area contributed by atoms with Crippen LogP contribution in [0.2, 0.25) is 0 Å². The van der Waals surface area contributed by atoms with E-state index in [1.807, 2.05) is 0 Å². The Morgan fingerprint density at radius 1 is 1.06 bits per heavy atom. The quantitative estimate of drug-likeness (QED) is 0.303. The molecule has 4 rings (SSSR count). The van der Waals surface area contributed by atoms with Gasteiger partial charge in [-0.05, 0) is 29.2 Å². The predicted octanol–water partition coefficient (Wildman–Crippen LogP) is 3.11. The molecule has 1 aliphatic rings. The van der Waals surface area contributed by atoms with Gasteiger partial charge in [0, 0.05) is 0 Å². The molecule has 4 atom stereocenters. The fourth-order valence-corrected chi connectivity index (χ4v) is 3.42. The zero-order valence-electron chi connectivity index (χ0n) is 17.0. The third kappa shape index (κ3) is 4.72. The van der Waals surface area contributed by atoms with E-state index in [9.17, 15) is 19.7 Å². The highest BCUT2D eigenvalue weighted by molar-refractivity contribution is 5.90. The SMILES string of the molecule is O=C(OC[C@H]1O[C@@H](n2ccnc2[N+](=O)[O-])[C@@H](F)[C@@H]1OC(=O)c1ccccc1)c1ccccc1. The fourth-order valence-electron chi connectivity index (χ4n) is 3.42. The molecule has 0 bridgehead atoms. The smallest absolute Gasteiger partial charge is 0.436 e. The number of imidazole rings is 1. The number of aromatic nitrogens is 2. The third-order valence-corrected chi connectivity index (χ3v) is 4.99. The van der Waals surface area contributed by atoms with Crippen molar-refractivity contribution in [3.63, 3.8) is 0 Å². The lowest BCUT2D eigenvalue weighted by Gasteiger charge is -2.19. The van der Waals surface area contributed by atoms with Crippen LogP contribution in [0.5, 0.6) is 0 Å². The molecule has 0 aliphatic carbocycles. The summed E-state index contributed by atoms with van der Waals surface area (Å²) in [5.41, 5.74) is 0.453. The lowest BCUT2D eigenvalue weighted by Crippen LogP contribution is -2.37. The average molecular weight is 455 g/mol. The van der Waals surface area contributed by atoms with E-state index in [0.29, 0.717) is 0 Å². The molecule has 1 saturated heterocycles. The van der Waals surface area contributed by atoms with Gasteiger partial charge < -0.3 is 24.3 Å². The molecule has 0 radical (unpaired) electrons. The van der Waals surface area contributed by atoms with Gasteiger partial charge >= 0.3 is 17.9 Å². The van der Waals surface area contributed by atoms with E-state index in [4.69, 9.17) is 14.2 Å². The van der Waals surface area contributed by atoms with E-state index in [2.05, 4.69) is 4.98 Å². The number of ether oxygens (including phenoxy) is 3. The molecule has 0 unspecified atom stereocenters. The van der Waals surface area contributed by atoms with E-state index in [1.54, 1.807) is 48.5 Å². The van der Waals surface area contributed by atoms with E-state index in [0.717, 1.165) is 10.8 Å². The van der Waals surface area contributed by atoms with Crippen molar-refractivity contribution in [3.05, 3.63) is 94.3 Å². The minimum Gasteiger partial charge on any atom is -0.459 e. The molecule has 170 valence electrons. The van der Waals surface area contributed by atoms with Crippen molar-refractivity contribution in [2.45, 2.75) is 24.6 Å². The number of hydrogen-bond acceptors (Lipinski definition) is 8. The van der Waals surface area contributed by atoms with Crippen LogP contribution in [0.25, 0.3) is 0 Å².